The number of esters is 1. The van der Waals surface area contributed by atoms with Crippen molar-refractivity contribution < 1.29 is 23.8 Å². The molecule has 1 aromatic rings. The van der Waals surface area contributed by atoms with Crippen LogP contribution in [0.25, 0.3) is 0 Å². The largest absolute Gasteiger partial charge is 0.491 e. The van der Waals surface area contributed by atoms with Gasteiger partial charge in [-0.25, -0.2) is 4.79 Å². The van der Waals surface area contributed by atoms with Crippen LogP contribution in [0.5, 0.6) is 5.75 Å². The van der Waals surface area contributed by atoms with Crippen LogP contribution < -0.4 is 10.1 Å². The fraction of sp³-hybridized carbons (Fsp3) is 0.556. The van der Waals surface area contributed by atoms with Gasteiger partial charge in [-0.05, 0) is 31.4 Å². The highest BCUT2D eigenvalue weighted by Crippen LogP contribution is 2.24. The van der Waals surface area contributed by atoms with Gasteiger partial charge in [-0.3, -0.25) is 4.79 Å². The smallest absolute Gasteiger partial charge is 0.338 e. The number of epoxide rings is 1. The molecule has 1 aromatic carbocycles. The summed E-state index contributed by atoms with van der Waals surface area (Å²) >= 11 is 0. The van der Waals surface area contributed by atoms with E-state index in [1.54, 1.807) is 6.92 Å². The van der Waals surface area contributed by atoms with Gasteiger partial charge in [0.1, 0.15) is 12.4 Å². The van der Waals surface area contributed by atoms with Crippen molar-refractivity contribution in [2.75, 3.05) is 13.2 Å². The van der Waals surface area contributed by atoms with E-state index >= 15 is 0 Å². The number of carbonyl (C=O) groups is 2. The summed E-state index contributed by atoms with van der Waals surface area (Å²) < 4.78 is 15.7. The Hall–Kier alpha value is -2.08. The summed E-state index contributed by atoms with van der Waals surface area (Å²) in [5, 5.41) is 2.91. The third-order valence-electron chi connectivity index (χ3n) is 3.57. The van der Waals surface area contributed by atoms with E-state index in [-0.39, 0.29) is 18.6 Å². The molecule has 1 aliphatic rings. The fourth-order valence-electron chi connectivity index (χ4n) is 2.45. The van der Waals surface area contributed by atoms with Crippen molar-refractivity contribution >= 4 is 11.9 Å². The molecule has 132 valence electrons. The normalized spacial score (nSPS) is 20.3. The number of benzene rings is 1. The lowest BCUT2D eigenvalue weighted by molar-refractivity contribution is -0.144. The van der Waals surface area contributed by atoms with Gasteiger partial charge in [0.2, 0.25) is 0 Å². The Balaban J connectivity index is 1.84. The van der Waals surface area contributed by atoms with Crippen LogP contribution >= 0.6 is 0 Å². The lowest BCUT2D eigenvalue weighted by Gasteiger charge is -2.20. The van der Waals surface area contributed by atoms with Crippen molar-refractivity contribution in [3.63, 3.8) is 0 Å². The van der Waals surface area contributed by atoms with Crippen LogP contribution in [-0.4, -0.2) is 43.3 Å². The number of rotatable bonds is 9. The fourth-order valence-corrected chi connectivity index (χ4v) is 2.45. The molecule has 1 fully saturated rings. The summed E-state index contributed by atoms with van der Waals surface area (Å²) in [5.41, 5.74) is 0. The zero-order chi connectivity index (χ0) is 17.5. The van der Waals surface area contributed by atoms with Crippen LogP contribution in [0.3, 0.4) is 0 Å². The summed E-state index contributed by atoms with van der Waals surface area (Å²) in [5.74, 6) is 0.372. The third-order valence-corrected chi connectivity index (χ3v) is 3.57. The lowest BCUT2D eigenvalue weighted by Crippen LogP contribution is -2.43. The molecule has 0 bridgehead atoms. The zero-order valence-corrected chi connectivity index (χ0v) is 14.4. The summed E-state index contributed by atoms with van der Waals surface area (Å²) in [6.07, 6.45) is -0.759. The van der Waals surface area contributed by atoms with Gasteiger partial charge in [-0.2, -0.15) is 0 Å². The van der Waals surface area contributed by atoms with E-state index < -0.39 is 18.2 Å². The molecule has 0 unspecified atom stereocenters. The maximum atomic E-state index is 12.2. The minimum absolute atomic E-state index is 0.148. The molecular formula is C18H25NO5. The van der Waals surface area contributed by atoms with E-state index in [1.165, 1.54) is 0 Å². The molecule has 6 heteroatoms. The van der Waals surface area contributed by atoms with Crippen molar-refractivity contribution in [3.05, 3.63) is 30.3 Å². The van der Waals surface area contributed by atoms with Gasteiger partial charge < -0.3 is 19.5 Å². The quantitative estimate of drug-likeness (QED) is 0.551. The Bertz CT molecular complexity index is 546. The maximum absolute atomic E-state index is 12.2. The predicted octanol–water partition coefficient (Wildman–Crippen LogP) is 1.93. The van der Waals surface area contributed by atoms with Crippen LogP contribution in [0.4, 0.5) is 0 Å². The van der Waals surface area contributed by atoms with E-state index in [9.17, 15) is 9.59 Å². The SMILES string of the molecule is CCOC(=O)[C@H]1O[C@@H]1C(=O)N[C@H](COc1ccccc1)CC(C)C. The molecule has 6 nitrogen and oxygen atoms in total. The molecule has 0 radical (unpaired) electrons. The molecule has 3 atom stereocenters. The summed E-state index contributed by atoms with van der Waals surface area (Å²) in [7, 11) is 0. The van der Waals surface area contributed by atoms with Crippen molar-refractivity contribution in [1.29, 1.82) is 0 Å². The number of amides is 1. The van der Waals surface area contributed by atoms with Gasteiger partial charge in [-0.1, -0.05) is 32.0 Å². The molecule has 1 amide bonds. The van der Waals surface area contributed by atoms with Crippen LogP contribution in [0.15, 0.2) is 30.3 Å². The Kier molecular flexibility index (Phi) is 6.61. The monoisotopic (exact) mass is 335 g/mol. The molecular weight excluding hydrogens is 310 g/mol. The molecule has 1 N–H and O–H groups in total. The van der Waals surface area contributed by atoms with Gasteiger partial charge in [0.05, 0.1) is 12.6 Å². The van der Waals surface area contributed by atoms with Crippen molar-refractivity contribution in [2.24, 2.45) is 5.92 Å². The first kappa shape index (κ1) is 18.3. The second kappa shape index (κ2) is 8.68. The first-order valence-electron chi connectivity index (χ1n) is 8.31. The molecule has 0 spiro atoms. The maximum Gasteiger partial charge on any atom is 0.338 e. The first-order chi connectivity index (χ1) is 11.5. The third kappa shape index (κ3) is 5.53. The number of carbonyl (C=O) groups excluding carboxylic acids is 2. The number of para-hydroxylation sites is 1. The summed E-state index contributed by atoms with van der Waals surface area (Å²) in [4.78, 5) is 23.8. The van der Waals surface area contributed by atoms with Crippen molar-refractivity contribution in [2.45, 2.75) is 45.4 Å². The average Bonchev–Trinajstić information content (AvgIpc) is 3.34. The Morgan fingerprint density at radius 3 is 2.54 bits per heavy atom. The Morgan fingerprint density at radius 2 is 1.92 bits per heavy atom. The molecule has 0 saturated carbocycles. The number of hydrogen-bond acceptors (Lipinski definition) is 5. The van der Waals surface area contributed by atoms with Crippen LogP contribution in [0.2, 0.25) is 0 Å². The second-order valence-electron chi connectivity index (χ2n) is 6.19. The van der Waals surface area contributed by atoms with Crippen molar-refractivity contribution in [1.82, 2.24) is 5.32 Å². The molecule has 0 aromatic heterocycles. The van der Waals surface area contributed by atoms with Gasteiger partial charge >= 0.3 is 5.97 Å². The topological polar surface area (TPSA) is 77.2 Å². The molecule has 1 saturated heterocycles. The van der Waals surface area contributed by atoms with Gasteiger partial charge in [-0.15, -0.1) is 0 Å². The Labute approximate surface area is 142 Å². The van der Waals surface area contributed by atoms with E-state index in [2.05, 4.69) is 19.2 Å². The van der Waals surface area contributed by atoms with E-state index in [1.807, 2.05) is 30.3 Å². The van der Waals surface area contributed by atoms with Gasteiger partial charge in [0.25, 0.3) is 5.91 Å². The van der Waals surface area contributed by atoms with Gasteiger partial charge in [0, 0.05) is 0 Å². The second-order valence-corrected chi connectivity index (χ2v) is 6.19. The predicted molar refractivity (Wildman–Crippen MR) is 88.6 cm³/mol. The van der Waals surface area contributed by atoms with Crippen LogP contribution in [0.1, 0.15) is 27.2 Å². The van der Waals surface area contributed by atoms with Crippen LogP contribution in [0, 0.1) is 5.92 Å². The highest BCUT2D eigenvalue weighted by molar-refractivity contribution is 5.92. The highest BCUT2D eigenvalue weighted by atomic mass is 16.6. The van der Waals surface area contributed by atoms with Crippen molar-refractivity contribution in [3.8, 4) is 5.75 Å². The van der Waals surface area contributed by atoms with E-state index in [4.69, 9.17) is 14.2 Å². The molecule has 0 aliphatic carbocycles. The van der Waals surface area contributed by atoms with Gasteiger partial charge in [0.15, 0.2) is 12.2 Å². The number of nitrogens with one attached hydrogen (secondary N) is 1. The number of hydrogen-bond donors (Lipinski definition) is 1. The first-order valence-corrected chi connectivity index (χ1v) is 8.31. The molecule has 2 rings (SSSR count). The van der Waals surface area contributed by atoms with E-state index in [0.29, 0.717) is 12.5 Å². The highest BCUT2D eigenvalue weighted by Gasteiger charge is 2.51. The number of ether oxygens (including phenoxy) is 3. The standard InChI is InChI=1S/C18H25NO5/c1-4-22-18(21)16-15(24-16)17(20)19-13(10-12(2)3)11-23-14-8-6-5-7-9-14/h5-9,12-13,15-16H,4,10-11H2,1-3H3,(H,19,20)/t13-,15-,16-/m0/s1. The molecule has 1 heterocycles. The van der Waals surface area contributed by atoms with Crippen LogP contribution in [-0.2, 0) is 19.1 Å². The zero-order valence-electron chi connectivity index (χ0n) is 14.4. The summed E-state index contributed by atoms with van der Waals surface area (Å²) in [6, 6.07) is 9.30. The minimum Gasteiger partial charge on any atom is -0.491 e. The van der Waals surface area contributed by atoms with E-state index in [0.717, 1.165) is 12.2 Å². The lowest BCUT2D eigenvalue weighted by atomic mass is 10.0. The molecule has 1 aliphatic heterocycles. The average molecular weight is 335 g/mol. The summed E-state index contributed by atoms with van der Waals surface area (Å²) in [6.45, 7) is 6.51. The minimum atomic E-state index is -0.778. The Morgan fingerprint density at radius 1 is 1.21 bits per heavy atom. The molecule has 24 heavy (non-hydrogen) atoms.